The number of nitrogens with zero attached hydrogens (tertiary/aromatic N) is 1. The molecule has 0 radical (unpaired) electrons. The molecule has 1 N–H and O–H groups in total. The average molecular weight is 497 g/mol. The van der Waals surface area contributed by atoms with E-state index in [-0.39, 0.29) is 10.8 Å². The lowest BCUT2D eigenvalue weighted by atomic mass is 10.2. The van der Waals surface area contributed by atoms with Gasteiger partial charge in [-0.25, -0.2) is 8.42 Å². The van der Waals surface area contributed by atoms with Crippen LogP contribution in [0.4, 0.5) is 5.69 Å². The molecule has 0 bridgehead atoms. The van der Waals surface area contributed by atoms with Crippen LogP contribution in [0.5, 0.6) is 17.2 Å². The number of amides is 1. The maximum Gasteiger partial charge on any atom is 0.262 e. The van der Waals surface area contributed by atoms with Gasteiger partial charge < -0.3 is 19.1 Å². The highest BCUT2D eigenvalue weighted by Gasteiger charge is 2.20. The summed E-state index contributed by atoms with van der Waals surface area (Å²) in [7, 11) is -2.17. The molecule has 0 saturated heterocycles. The summed E-state index contributed by atoms with van der Waals surface area (Å²) in [6, 6.07) is 18.7. The molecular formula is C26H28N2O6S. The minimum absolute atomic E-state index is 0.0456. The first-order chi connectivity index (χ1) is 16.8. The van der Waals surface area contributed by atoms with Gasteiger partial charge >= 0.3 is 0 Å². The second-order valence-corrected chi connectivity index (χ2v) is 9.87. The third kappa shape index (κ3) is 6.05. The molecular weight excluding hydrogens is 468 g/mol. The Hall–Kier alpha value is -3.72. The summed E-state index contributed by atoms with van der Waals surface area (Å²) in [5.41, 5.74) is 1.74. The summed E-state index contributed by atoms with van der Waals surface area (Å²) < 4.78 is 45.1. The van der Waals surface area contributed by atoms with Gasteiger partial charge in [0.2, 0.25) is 0 Å². The van der Waals surface area contributed by atoms with E-state index in [1.807, 2.05) is 31.2 Å². The summed E-state index contributed by atoms with van der Waals surface area (Å²) in [5, 5.41) is 0. The SMILES string of the molecule is Cc1ccccc1OCCCN(C)C(=O)c1cccc(NS(=O)(=O)c2ccc3c(c2)OCCO3)c1. The molecule has 0 saturated carbocycles. The third-order valence-electron chi connectivity index (χ3n) is 5.52. The summed E-state index contributed by atoms with van der Waals surface area (Å²) in [4.78, 5) is 14.5. The number of hydrogen-bond acceptors (Lipinski definition) is 6. The quantitative estimate of drug-likeness (QED) is 0.448. The van der Waals surface area contributed by atoms with E-state index in [9.17, 15) is 13.2 Å². The molecule has 35 heavy (non-hydrogen) atoms. The van der Waals surface area contributed by atoms with Crippen LogP contribution < -0.4 is 18.9 Å². The highest BCUT2D eigenvalue weighted by molar-refractivity contribution is 7.92. The van der Waals surface area contributed by atoms with Crippen molar-refractivity contribution in [2.24, 2.45) is 0 Å². The molecule has 1 heterocycles. The normalized spacial score (nSPS) is 12.6. The van der Waals surface area contributed by atoms with Gasteiger partial charge in [0.15, 0.2) is 11.5 Å². The number of para-hydroxylation sites is 1. The van der Waals surface area contributed by atoms with Crippen LogP contribution in [0, 0.1) is 6.92 Å². The number of sulfonamides is 1. The third-order valence-corrected chi connectivity index (χ3v) is 6.90. The van der Waals surface area contributed by atoms with Gasteiger partial charge in [0, 0.05) is 30.9 Å². The standard InChI is InChI=1S/C26H28N2O6S/c1-19-7-3-4-10-23(19)32-14-6-13-28(2)26(29)20-8-5-9-21(17-20)27-35(30,31)22-11-12-24-25(18-22)34-16-15-33-24/h3-5,7-12,17-18,27H,6,13-16H2,1-2H3. The molecule has 3 aromatic rings. The minimum Gasteiger partial charge on any atom is -0.493 e. The first-order valence-corrected chi connectivity index (χ1v) is 12.8. The first-order valence-electron chi connectivity index (χ1n) is 11.3. The van der Waals surface area contributed by atoms with Gasteiger partial charge in [-0.2, -0.15) is 0 Å². The van der Waals surface area contributed by atoms with E-state index in [4.69, 9.17) is 14.2 Å². The van der Waals surface area contributed by atoms with Gasteiger partial charge in [-0.05, 0) is 55.3 Å². The number of nitrogens with one attached hydrogen (secondary N) is 1. The molecule has 0 atom stereocenters. The Balaban J connectivity index is 1.36. The maximum absolute atomic E-state index is 12.9. The molecule has 0 spiro atoms. The van der Waals surface area contributed by atoms with Crippen LogP contribution >= 0.6 is 0 Å². The van der Waals surface area contributed by atoms with Crippen molar-refractivity contribution in [3.05, 3.63) is 77.9 Å². The molecule has 9 heteroatoms. The maximum atomic E-state index is 12.9. The Morgan fingerprint density at radius 3 is 2.57 bits per heavy atom. The molecule has 4 rings (SSSR count). The Kier molecular flexibility index (Phi) is 7.45. The number of benzene rings is 3. The van der Waals surface area contributed by atoms with E-state index in [1.165, 1.54) is 18.2 Å². The van der Waals surface area contributed by atoms with Crippen molar-refractivity contribution >= 4 is 21.6 Å². The van der Waals surface area contributed by atoms with Crippen molar-refractivity contribution in [1.82, 2.24) is 4.90 Å². The fraction of sp³-hybridized carbons (Fsp3) is 0.269. The van der Waals surface area contributed by atoms with E-state index in [0.717, 1.165) is 11.3 Å². The lowest BCUT2D eigenvalue weighted by molar-refractivity contribution is 0.0788. The average Bonchev–Trinajstić information content (AvgIpc) is 2.86. The van der Waals surface area contributed by atoms with Crippen LogP contribution in [0.15, 0.2) is 71.6 Å². The molecule has 1 aliphatic heterocycles. The summed E-state index contributed by atoms with van der Waals surface area (Å²) in [5.74, 6) is 1.52. The highest BCUT2D eigenvalue weighted by atomic mass is 32.2. The Bertz CT molecular complexity index is 1310. The number of rotatable bonds is 9. The van der Waals surface area contributed by atoms with Crippen molar-refractivity contribution in [3.8, 4) is 17.2 Å². The fourth-order valence-electron chi connectivity index (χ4n) is 3.64. The van der Waals surface area contributed by atoms with Crippen molar-refractivity contribution in [3.63, 3.8) is 0 Å². The van der Waals surface area contributed by atoms with Crippen LogP contribution in [-0.2, 0) is 10.0 Å². The molecule has 0 unspecified atom stereocenters. The van der Waals surface area contributed by atoms with Gasteiger partial charge in [0.05, 0.1) is 11.5 Å². The summed E-state index contributed by atoms with van der Waals surface area (Å²) in [6.07, 6.45) is 0.660. The molecule has 0 aromatic heterocycles. The summed E-state index contributed by atoms with van der Waals surface area (Å²) >= 11 is 0. The van der Waals surface area contributed by atoms with Crippen LogP contribution in [0.3, 0.4) is 0 Å². The van der Waals surface area contributed by atoms with Crippen molar-refractivity contribution in [2.75, 3.05) is 38.1 Å². The fourth-order valence-corrected chi connectivity index (χ4v) is 4.71. The zero-order valence-electron chi connectivity index (χ0n) is 19.7. The first kappa shape index (κ1) is 24.4. The molecule has 184 valence electrons. The number of ether oxygens (including phenoxy) is 3. The molecule has 1 aliphatic rings. The van der Waals surface area contributed by atoms with E-state index in [0.29, 0.717) is 55.5 Å². The minimum atomic E-state index is -3.88. The van der Waals surface area contributed by atoms with Gasteiger partial charge in [0.1, 0.15) is 19.0 Å². The summed E-state index contributed by atoms with van der Waals surface area (Å²) in [6.45, 7) is 3.75. The number of anilines is 1. The largest absolute Gasteiger partial charge is 0.493 e. The smallest absolute Gasteiger partial charge is 0.262 e. The number of carbonyl (C=O) groups is 1. The second-order valence-electron chi connectivity index (χ2n) is 8.19. The lowest BCUT2D eigenvalue weighted by Crippen LogP contribution is -2.28. The topological polar surface area (TPSA) is 94.2 Å². The zero-order chi connectivity index (χ0) is 24.8. The van der Waals surface area contributed by atoms with Gasteiger partial charge in [-0.3, -0.25) is 9.52 Å². The predicted molar refractivity (Wildman–Crippen MR) is 133 cm³/mol. The van der Waals surface area contributed by atoms with Crippen LogP contribution in [0.25, 0.3) is 0 Å². The number of aryl methyl sites for hydroxylation is 1. The molecule has 0 fully saturated rings. The van der Waals surface area contributed by atoms with Gasteiger partial charge in [-0.1, -0.05) is 24.3 Å². The van der Waals surface area contributed by atoms with Gasteiger partial charge in [0.25, 0.3) is 15.9 Å². The van der Waals surface area contributed by atoms with Crippen LogP contribution in [0.1, 0.15) is 22.3 Å². The lowest BCUT2D eigenvalue weighted by Gasteiger charge is -2.19. The molecule has 1 amide bonds. The molecule has 0 aliphatic carbocycles. The van der Waals surface area contributed by atoms with Crippen LogP contribution in [0.2, 0.25) is 0 Å². The van der Waals surface area contributed by atoms with Gasteiger partial charge in [-0.15, -0.1) is 0 Å². The molecule has 8 nitrogen and oxygen atoms in total. The van der Waals surface area contributed by atoms with E-state index in [2.05, 4.69) is 4.72 Å². The Morgan fingerprint density at radius 2 is 1.77 bits per heavy atom. The number of hydrogen-bond donors (Lipinski definition) is 1. The number of fused-ring (bicyclic) bond motifs is 1. The Morgan fingerprint density at radius 1 is 1.00 bits per heavy atom. The van der Waals surface area contributed by atoms with E-state index < -0.39 is 10.0 Å². The Labute approximate surface area is 205 Å². The van der Waals surface area contributed by atoms with Crippen molar-refractivity contribution in [2.45, 2.75) is 18.2 Å². The van der Waals surface area contributed by atoms with E-state index >= 15 is 0 Å². The second kappa shape index (κ2) is 10.7. The van der Waals surface area contributed by atoms with Crippen LogP contribution in [-0.4, -0.2) is 52.6 Å². The zero-order valence-corrected chi connectivity index (χ0v) is 20.5. The van der Waals surface area contributed by atoms with E-state index in [1.54, 1.807) is 36.2 Å². The molecule has 3 aromatic carbocycles. The predicted octanol–water partition coefficient (Wildman–Crippen LogP) is 4.11. The monoisotopic (exact) mass is 496 g/mol. The highest BCUT2D eigenvalue weighted by Crippen LogP contribution is 2.32. The van der Waals surface area contributed by atoms with Crippen molar-refractivity contribution in [1.29, 1.82) is 0 Å². The number of carbonyl (C=O) groups excluding carboxylic acids is 1. The van der Waals surface area contributed by atoms with Crippen molar-refractivity contribution < 1.29 is 27.4 Å².